The molecule has 2 aromatic rings. The summed E-state index contributed by atoms with van der Waals surface area (Å²) < 4.78 is 2.29. The molecular weight excluding hydrogens is 234 g/mol. The summed E-state index contributed by atoms with van der Waals surface area (Å²) in [6.45, 7) is 5.36. The van der Waals surface area contributed by atoms with Crippen molar-refractivity contribution in [3.05, 3.63) is 30.1 Å². The summed E-state index contributed by atoms with van der Waals surface area (Å²) in [7, 11) is 0. The van der Waals surface area contributed by atoms with E-state index in [-0.39, 0.29) is 6.04 Å². The molecule has 0 aliphatic rings. The number of fused-ring (bicyclic) bond motifs is 1. The molecule has 2 heterocycles. The fourth-order valence-electron chi connectivity index (χ4n) is 2.58. The van der Waals surface area contributed by atoms with E-state index in [4.69, 9.17) is 5.73 Å². The summed E-state index contributed by atoms with van der Waals surface area (Å²) in [5, 5.41) is 1.26. The van der Waals surface area contributed by atoms with E-state index in [1.165, 1.54) is 36.6 Å². The summed E-state index contributed by atoms with van der Waals surface area (Å²) in [5.74, 6) is 0. The number of nitrogens with zero attached hydrogens (tertiary/aromatic N) is 2. The van der Waals surface area contributed by atoms with Gasteiger partial charge in [-0.1, -0.05) is 26.2 Å². The van der Waals surface area contributed by atoms with E-state index in [1.807, 2.05) is 12.3 Å². The van der Waals surface area contributed by atoms with Gasteiger partial charge < -0.3 is 10.3 Å². The molecule has 0 radical (unpaired) electrons. The minimum absolute atomic E-state index is 0.194. The zero-order chi connectivity index (χ0) is 13.7. The van der Waals surface area contributed by atoms with Crippen LogP contribution in [0, 0.1) is 0 Å². The first kappa shape index (κ1) is 14.1. The standard InChI is InChI=1S/C16H25N3/c1-3-4-5-6-10-19-12-14(11-13(2)17)15-8-7-9-18-16(15)19/h7-9,12-13H,3-6,10-11,17H2,1-2H3. The Bertz CT molecular complexity index is 514. The van der Waals surface area contributed by atoms with Crippen molar-refractivity contribution in [3.8, 4) is 0 Å². The molecule has 19 heavy (non-hydrogen) atoms. The summed E-state index contributed by atoms with van der Waals surface area (Å²) >= 11 is 0. The van der Waals surface area contributed by atoms with Crippen molar-refractivity contribution in [3.63, 3.8) is 0 Å². The zero-order valence-corrected chi connectivity index (χ0v) is 12.1. The third kappa shape index (κ3) is 3.57. The van der Waals surface area contributed by atoms with Crippen LogP contribution in [0.15, 0.2) is 24.5 Å². The Morgan fingerprint density at radius 1 is 1.32 bits per heavy atom. The molecule has 104 valence electrons. The molecular formula is C16H25N3. The Hall–Kier alpha value is -1.35. The molecule has 1 atom stereocenters. The smallest absolute Gasteiger partial charge is 0.140 e. The SMILES string of the molecule is CCCCCCn1cc(CC(C)N)c2cccnc21. The molecule has 0 aromatic carbocycles. The van der Waals surface area contributed by atoms with Gasteiger partial charge in [0.2, 0.25) is 0 Å². The van der Waals surface area contributed by atoms with Crippen LogP contribution in [-0.2, 0) is 13.0 Å². The minimum atomic E-state index is 0.194. The molecule has 1 unspecified atom stereocenters. The fraction of sp³-hybridized carbons (Fsp3) is 0.562. The molecule has 3 nitrogen and oxygen atoms in total. The number of aryl methyl sites for hydroxylation is 1. The lowest BCUT2D eigenvalue weighted by atomic mass is 10.1. The van der Waals surface area contributed by atoms with E-state index < -0.39 is 0 Å². The van der Waals surface area contributed by atoms with Crippen molar-refractivity contribution in [2.45, 2.75) is 58.5 Å². The Morgan fingerprint density at radius 3 is 2.89 bits per heavy atom. The Kier molecular flexibility index (Phi) is 4.97. The molecule has 0 aliphatic heterocycles. The quantitative estimate of drug-likeness (QED) is 0.773. The summed E-state index contributed by atoms with van der Waals surface area (Å²) in [4.78, 5) is 4.53. The van der Waals surface area contributed by atoms with Gasteiger partial charge in [0.05, 0.1) is 0 Å². The lowest BCUT2D eigenvalue weighted by Gasteiger charge is -2.04. The van der Waals surface area contributed by atoms with Gasteiger partial charge in [-0.05, 0) is 37.5 Å². The van der Waals surface area contributed by atoms with Gasteiger partial charge in [-0.25, -0.2) is 4.98 Å². The van der Waals surface area contributed by atoms with Crippen LogP contribution in [0.25, 0.3) is 11.0 Å². The molecule has 0 fully saturated rings. The Balaban J connectivity index is 2.18. The maximum Gasteiger partial charge on any atom is 0.140 e. The van der Waals surface area contributed by atoms with Crippen LogP contribution < -0.4 is 5.73 Å². The number of hydrogen-bond donors (Lipinski definition) is 1. The first-order chi connectivity index (χ1) is 9.22. The number of rotatable bonds is 7. The van der Waals surface area contributed by atoms with Crippen LogP contribution in [0.1, 0.15) is 45.1 Å². The summed E-state index contributed by atoms with van der Waals surface area (Å²) in [6, 6.07) is 4.36. The summed E-state index contributed by atoms with van der Waals surface area (Å²) in [5.41, 5.74) is 8.37. The molecule has 0 saturated carbocycles. The lowest BCUT2D eigenvalue weighted by Crippen LogP contribution is -2.17. The van der Waals surface area contributed by atoms with Crippen LogP contribution in [-0.4, -0.2) is 15.6 Å². The number of hydrogen-bond acceptors (Lipinski definition) is 2. The third-order valence-corrected chi connectivity index (χ3v) is 3.51. The molecule has 0 amide bonds. The van der Waals surface area contributed by atoms with E-state index in [0.29, 0.717) is 0 Å². The number of aromatic nitrogens is 2. The van der Waals surface area contributed by atoms with Gasteiger partial charge in [0.15, 0.2) is 0 Å². The predicted octanol–water partition coefficient (Wildman–Crippen LogP) is 3.51. The topological polar surface area (TPSA) is 43.8 Å². The monoisotopic (exact) mass is 259 g/mol. The largest absolute Gasteiger partial charge is 0.332 e. The Labute approximate surface area is 115 Å². The van der Waals surface area contributed by atoms with Gasteiger partial charge >= 0.3 is 0 Å². The second-order valence-electron chi connectivity index (χ2n) is 5.46. The highest BCUT2D eigenvalue weighted by Crippen LogP contribution is 2.21. The molecule has 2 rings (SSSR count). The van der Waals surface area contributed by atoms with E-state index in [9.17, 15) is 0 Å². The number of pyridine rings is 1. The number of unbranched alkanes of at least 4 members (excludes halogenated alkanes) is 3. The predicted molar refractivity (Wildman–Crippen MR) is 81.2 cm³/mol. The van der Waals surface area contributed by atoms with Gasteiger partial charge in [-0.3, -0.25) is 0 Å². The Morgan fingerprint density at radius 2 is 2.16 bits per heavy atom. The normalized spacial score (nSPS) is 13.0. The molecule has 0 bridgehead atoms. The van der Waals surface area contributed by atoms with Crippen LogP contribution in [0.5, 0.6) is 0 Å². The zero-order valence-electron chi connectivity index (χ0n) is 12.1. The maximum atomic E-state index is 5.93. The van der Waals surface area contributed by atoms with Gasteiger partial charge in [0.25, 0.3) is 0 Å². The average Bonchev–Trinajstić information content (AvgIpc) is 2.73. The summed E-state index contributed by atoms with van der Waals surface area (Å²) in [6.07, 6.45) is 10.2. The van der Waals surface area contributed by atoms with Gasteiger partial charge in [0, 0.05) is 30.4 Å². The highest BCUT2D eigenvalue weighted by molar-refractivity contribution is 5.80. The molecule has 0 aliphatic carbocycles. The molecule has 0 saturated heterocycles. The second kappa shape index (κ2) is 6.71. The van der Waals surface area contributed by atoms with Gasteiger partial charge in [0.1, 0.15) is 5.65 Å². The molecule has 2 N–H and O–H groups in total. The lowest BCUT2D eigenvalue weighted by molar-refractivity contribution is 0.590. The fourth-order valence-corrected chi connectivity index (χ4v) is 2.58. The van der Waals surface area contributed by atoms with Crippen LogP contribution in [0.3, 0.4) is 0 Å². The van der Waals surface area contributed by atoms with Crippen LogP contribution in [0.2, 0.25) is 0 Å². The van der Waals surface area contributed by atoms with Crippen molar-refractivity contribution in [1.29, 1.82) is 0 Å². The van der Waals surface area contributed by atoms with Crippen molar-refractivity contribution in [1.82, 2.24) is 9.55 Å². The van der Waals surface area contributed by atoms with E-state index in [1.54, 1.807) is 0 Å². The first-order valence-corrected chi connectivity index (χ1v) is 7.40. The van der Waals surface area contributed by atoms with Crippen molar-refractivity contribution in [2.75, 3.05) is 0 Å². The van der Waals surface area contributed by atoms with E-state index in [2.05, 4.69) is 35.7 Å². The van der Waals surface area contributed by atoms with Crippen molar-refractivity contribution >= 4 is 11.0 Å². The van der Waals surface area contributed by atoms with Crippen LogP contribution in [0.4, 0.5) is 0 Å². The van der Waals surface area contributed by atoms with E-state index in [0.717, 1.165) is 18.6 Å². The molecule has 0 spiro atoms. The van der Waals surface area contributed by atoms with Gasteiger partial charge in [-0.15, -0.1) is 0 Å². The van der Waals surface area contributed by atoms with Crippen LogP contribution >= 0.6 is 0 Å². The molecule has 3 heteroatoms. The van der Waals surface area contributed by atoms with Gasteiger partial charge in [-0.2, -0.15) is 0 Å². The molecule has 2 aromatic heterocycles. The first-order valence-electron chi connectivity index (χ1n) is 7.40. The third-order valence-electron chi connectivity index (χ3n) is 3.51. The number of nitrogens with two attached hydrogens (primary N) is 1. The minimum Gasteiger partial charge on any atom is -0.332 e. The average molecular weight is 259 g/mol. The second-order valence-corrected chi connectivity index (χ2v) is 5.46. The van der Waals surface area contributed by atoms with E-state index >= 15 is 0 Å². The van der Waals surface area contributed by atoms with Crippen molar-refractivity contribution < 1.29 is 0 Å². The highest BCUT2D eigenvalue weighted by atomic mass is 15.0. The van der Waals surface area contributed by atoms with Crippen molar-refractivity contribution in [2.24, 2.45) is 5.73 Å². The maximum absolute atomic E-state index is 5.93. The highest BCUT2D eigenvalue weighted by Gasteiger charge is 2.10.